The minimum Gasteiger partial charge on any atom is -0.327 e. The maximum atomic E-state index is 12.1. The molecule has 0 aliphatic heterocycles. The molecule has 17 heavy (non-hydrogen) atoms. The number of hydrogen-bond donors (Lipinski definition) is 0. The molecule has 4 heteroatoms. The molecule has 2 aromatic rings. The van der Waals surface area contributed by atoms with Crippen LogP contribution in [0.25, 0.3) is 0 Å². The van der Waals surface area contributed by atoms with Gasteiger partial charge in [-0.25, -0.2) is 4.98 Å². The van der Waals surface area contributed by atoms with E-state index in [9.17, 15) is 4.79 Å². The van der Waals surface area contributed by atoms with Gasteiger partial charge >= 0.3 is 0 Å². The number of carbonyl (C=O) groups excluding carboxylic acids is 1. The summed E-state index contributed by atoms with van der Waals surface area (Å²) in [5.41, 5.74) is 2.71. The molecule has 0 atom stereocenters. The molecule has 0 unspecified atom stereocenters. The van der Waals surface area contributed by atoms with Crippen LogP contribution in [-0.4, -0.2) is 15.3 Å². The van der Waals surface area contributed by atoms with Crippen molar-refractivity contribution in [1.29, 1.82) is 0 Å². The van der Waals surface area contributed by atoms with Gasteiger partial charge in [0.15, 0.2) is 5.78 Å². The molecule has 0 bridgehead atoms. The molecule has 0 amide bonds. The van der Waals surface area contributed by atoms with Crippen LogP contribution >= 0.6 is 15.9 Å². The molecule has 88 valence electrons. The maximum Gasteiger partial charge on any atom is 0.182 e. The van der Waals surface area contributed by atoms with E-state index in [1.165, 1.54) is 0 Å². The van der Waals surface area contributed by atoms with E-state index in [-0.39, 0.29) is 5.78 Å². The zero-order valence-electron chi connectivity index (χ0n) is 9.77. The van der Waals surface area contributed by atoms with Crippen LogP contribution < -0.4 is 0 Å². The van der Waals surface area contributed by atoms with Crippen LogP contribution in [0.1, 0.15) is 21.7 Å². The van der Waals surface area contributed by atoms with Crippen LogP contribution in [0.3, 0.4) is 0 Å². The zero-order chi connectivity index (χ0) is 12.4. The summed E-state index contributed by atoms with van der Waals surface area (Å²) >= 11 is 3.36. The number of imidazole rings is 1. The van der Waals surface area contributed by atoms with Gasteiger partial charge < -0.3 is 4.57 Å². The lowest BCUT2D eigenvalue weighted by molar-refractivity contribution is 0.0971. The largest absolute Gasteiger partial charge is 0.327 e. The van der Waals surface area contributed by atoms with Gasteiger partial charge in [0.25, 0.3) is 0 Å². The van der Waals surface area contributed by atoms with Gasteiger partial charge in [0.2, 0.25) is 0 Å². The number of aromatic nitrogens is 2. The number of hydrogen-bond acceptors (Lipinski definition) is 2. The van der Waals surface area contributed by atoms with Crippen molar-refractivity contribution in [1.82, 2.24) is 9.55 Å². The Morgan fingerprint density at radius 3 is 2.76 bits per heavy atom. The lowest BCUT2D eigenvalue weighted by Gasteiger charge is -2.05. The molecule has 0 N–H and O–H groups in total. The Morgan fingerprint density at radius 2 is 2.18 bits per heavy atom. The Kier molecular flexibility index (Phi) is 3.43. The van der Waals surface area contributed by atoms with Crippen LogP contribution in [0.15, 0.2) is 35.1 Å². The summed E-state index contributed by atoms with van der Waals surface area (Å²) in [6, 6.07) is 7.43. The predicted octanol–water partition coefficient (Wildman–Crippen LogP) is 3.15. The normalized spacial score (nSPS) is 10.5. The average Bonchev–Trinajstić information content (AvgIpc) is 2.61. The molecular formula is C13H13BrN2O. The van der Waals surface area contributed by atoms with Crippen molar-refractivity contribution in [2.45, 2.75) is 20.4 Å². The highest BCUT2D eigenvalue weighted by Crippen LogP contribution is 2.13. The van der Waals surface area contributed by atoms with Gasteiger partial charge in [-0.15, -0.1) is 0 Å². The molecule has 1 aromatic carbocycles. The molecule has 0 saturated carbocycles. The summed E-state index contributed by atoms with van der Waals surface area (Å²) in [5.74, 6) is 0.0896. The van der Waals surface area contributed by atoms with Crippen LogP contribution in [0.5, 0.6) is 0 Å². The summed E-state index contributed by atoms with van der Waals surface area (Å²) < 4.78 is 2.79. The van der Waals surface area contributed by atoms with E-state index in [4.69, 9.17) is 0 Å². The quantitative estimate of drug-likeness (QED) is 0.815. The highest BCUT2D eigenvalue weighted by Gasteiger charge is 2.09. The molecule has 0 spiro atoms. The maximum absolute atomic E-state index is 12.1. The fraction of sp³-hybridized carbons (Fsp3) is 0.231. The van der Waals surface area contributed by atoms with E-state index >= 15 is 0 Å². The first-order chi connectivity index (χ1) is 8.08. The highest BCUT2D eigenvalue weighted by molar-refractivity contribution is 9.10. The standard InChI is InChI=1S/C13H13BrN2O/c1-9-10(2)16(8-15-9)7-13(17)11-4-3-5-12(14)6-11/h3-6,8H,7H2,1-2H3. The van der Waals surface area contributed by atoms with E-state index in [1.807, 2.05) is 42.7 Å². The second-order valence-corrected chi connectivity index (χ2v) is 4.89. The highest BCUT2D eigenvalue weighted by atomic mass is 79.9. The molecule has 3 nitrogen and oxygen atoms in total. The summed E-state index contributed by atoms with van der Waals surface area (Å²) in [5, 5.41) is 0. The second-order valence-electron chi connectivity index (χ2n) is 3.98. The van der Waals surface area contributed by atoms with E-state index in [0.29, 0.717) is 12.1 Å². The number of Topliss-reactive ketones (excluding diaryl/α,β-unsaturated/α-hetero) is 1. The Balaban J connectivity index is 2.20. The van der Waals surface area contributed by atoms with Crippen LogP contribution in [0.2, 0.25) is 0 Å². The van der Waals surface area contributed by atoms with Crippen molar-refractivity contribution in [3.8, 4) is 0 Å². The molecule has 0 aliphatic rings. The molecule has 1 aromatic heterocycles. The van der Waals surface area contributed by atoms with E-state index in [2.05, 4.69) is 20.9 Å². The number of ketones is 1. The number of nitrogens with zero attached hydrogens (tertiary/aromatic N) is 2. The number of carbonyl (C=O) groups is 1. The van der Waals surface area contributed by atoms with E-state index in [1.54, 1.807) is 6.33 Å². The summed E-state index contributed by atoms with van der Waals surface area (Å²) in [6.45, 7) is 4.25. The molecule has 0 aliphatic carbocycles. The average molecular weight is 293 g/mol. The molecular weight excluding hydrogens is 280 g/mol. The first kappa shape index (κ1) is 12.0. The SMILES string of the molecule is Cc1ncn(CC(=O)c2cccc(Br)c2)c1C. The molecule has 0 radical (unpaired) electrons. The number of rotatable bonds is 3. The molecule has 1 heterocycles. The monoisotopic (exact) mass is 292 g/mol. The summed E-state index contributed by atoms with van der Waals surface area (Å²) in [6.07, 6.45) is 1.71. The van der Waals surface area contributed by atoms with Gasteiger partial charge in [0.05, 0.1) is 18.6 Å². The summed E-state index contributed by atoms with van der Waals surface area (Å²) in [4.78, 5) is 16.2. The topological polar surface area (TPSA) is 34.9 Å². The Hall–Kier alpha value is -1.42. The van der Waals surface area contributed by atoms with Crippen LogP contribution in [0, 0.1) is 13.8 Å². The summed E-state index contributed by atoms with van der Waals surface area (Å²) in [7, 11) is 0. The third kappa shape index (κ3) is 2.64. The third-order valence-corrected chi connectivity index (χ3v) is 3.30. The van der Waals surface area contributed by atoms with Gasteiger partial charge in [-0.1, -0.05) is 28.1 Å². The van der Waals surface area contributed by atoms with Gasteiger partial charge in [-0.3, -0.25) is 4.79 Å². The van der Waals surface area contributed by atoms with Crippen molar-refractivity contribution >= 4 is 21.7 Å². The Morgan fingerprint density at radius 1 is 1.41 bits per heavy atom. The fourth-order valence-corrected chi connectivity index (χ4v) is 2.01. The minimum atomic E-state index is 0.0896. The van der Waals surface area contributed by atoms with E-state index in [0.717, 1.165) is 15.9 Å². The first-order valence-electron chi connectivity index (χ1n) is 5.35. The smallest absolute Gasteiger partial charge is 0.182 e. The molecule has 0 saturated heterocycles. The Bertz CT molecular complexity index is 560. The first-order valence-corrected chi connectivity index (χ1v) is 6.14. The minimum absolute atomic E-state index is 0.0896. The number of aryl methyl sites for hydroxylation is 1. The lowest BCUT2D eigenvalue weighted by atomic mass is 10.1. The second kappa shape index (κ2) is 4.84. The molecule has 0 fully saturated rings. The number of benzene rings is 1. The van der Waals surface area contributed by atoms with Gasteiger partial charge in [0, 0.05) is 15.7 Å². The van der Waals surface area contributed by atoms with Crippen molar-refractivity contribution in [3.05, 3.63) is 52.0 Å². The fourth-order valence-electron chi connectivity index (χ4n) is 1.61. The predicted molar refractivity (Wildman–Crippen MR) is 70.2 cm³/mol. The Labute approximate surface area is 109 Å². The van der Waals surface area contributed by atoms with E-state index < -0.39 is 0 Å². The van der Waals surface area contributed by atoms with Crippen molar-refractivity contribution < 1.29 is 4.79 Å². The van der Waals surface area contributed by atoms with Gasteiger partial charge in [-0.05, 0) is 26.0 Å². The van der Waals surface area contributed by atoms with Crippen LogP contribution in [0.4, 0.5) is 0 Å². The number of halogens is 1. The zero-order valence-corrected chi connectivity index (χ0v) is 11.4. The van der Waals surface area contributed by atoms with Gasteiger partial charge in [-0.2, -0.15) is 0 Å². The lowest BCUT2D eigenvalue weighted by Crippen LogP contribution is -2.10. The van der Waals surface area contributed by atoms with Crippen molar-refractivity contribution in [2.24, 2.45) is 0 Å². The van der Waals surface area contributed by atoms with Crippen molar-refractivity contribution in [3.63, 3.8) is 0 Å². The van der Waals surface area contributed by atoms with Crippen LogP contribution in [-0.2, 0) is 6.54 Å². The van der Waals surface area contributed by atoms with Gasteiger partial charge in [0.1, 0.15) is 0 Å². The van der Waals surface area contributed by atoms with Crippen molar-refractivity contribution in [2.75, 3.05) is 0 Å². The molecule has 2 rings (SSSR count). The third-order valence-electron chi connectivity index (χ3n) is 2.81.